The van der Waals surface area contributed by atoms with Gasteiger partial charge in [-0.3, -0.25) is 4.79 Å². The summed E-state index contributed by atoms with van der Waals surface area (Å²) in [7, 11) is 0. The van der Waals surface area contributed by atoms with Crippen LogP contribution in [0.2, 0.25) is 0 Å². The van der Waals surface area contributed by atoms with Gasteiger partial charge in [0.05, 0.1) is 11.5 Å². The summed E-state index contributed by atoms with van der Waals surface area (Å²) in [6.07, 6.45) is 5.24. The second-order valence-electron chi connectivity index (χ2n) is 5.48. The number of hydrogen-bond donors (Lipinski definition) is 2. The lowest BCUT2D eigenvalue weighted by molar-refractivity contribution is 0.0265. The Kier molecular flexibility index (Phi) is 3.60. The van der Waals surface area contributed by atoms with E-state index in [1.165, 1.54) is 23.3 Å². The van der Waals surface area contributed by atoms with Gasteiger partial charge in [0.15, 0.2) is 0 Å². The number of ether oxygens (including phenoxy) is 1. The van der Waals surface area contributed by atoms with E-state index in [0.29, 0.717) is 19.6 Å². The van der Waals surface area contributed by atoms with Crippen LogP contribution < -0.4 is 5.32 Å². The zero-order valence-electron chi connectivity index (χ0n) is 10.9. The predicted molar refractivity (Wildman–Crippen MR) is 73.7 cm³/mol. The molecule has 2 N–H and O–H groups in total. The number of carbonyl (C=O) groups excluding carboxylic acids is 1. The van der Waals surface area contributed by atoms with E-state index in [9.17, 15) is 9.90 Å². The molecule has 3 rings (SSSR count). The van der Waals surface area contributed by atoms with Gasteiger partial charge in [0.1, 0.15) is 5.60 Å². The van der Waals surface area contributed by atoms with E-state index >= 15 is 0 Å². The van der Waals surface area contributed by atoms with Crippen molar-refractivity contribution in [1.82, 2.24) is 5.32 Å². The maximum atomic E-state index is 12.1. The first-order valence-electron chi connectivity index (χ1n) is 6.86. The molecule has 0 radical (unpaired) electrons. The number of fused-ring (bicyclic) bond motifs is 1. The summed E-state index contributed by atoms with van der Waals surface area (Å²) in [5.74, 6) is -0.0697. The lowest BCUT2D eigenvalue weighted by Gasteiger charge is -2.20. The molecule has 4 nitrogen and oxygen atoms in total. The molecule has 1 aromatic heterocycles. The molecule has 1 atom stereocenters. The van der Waals surface area contributed by atoms with Crippen LogP contribution in [0.1, 0.15) is 39.4 Å². The number of aryl methyl sites for hydroxylation is 2. The minimum atomic E-state index is -0.882. The molecule has 0 spiro atoms. The summed E-state index contributed by atoms with van der Waals surface area (Å²) in [4.78, 5) is 14.2. The van der Waals surface area contributed by atoms with Gasteiger partial charge in [-0.2, -0.15) is 0 Å². The van der Waals surface area contributed by atoms with Crippen LogP contribution in [0.4, 0.5) is 0 Å². The molecule has 1 saturated heterocycles. The van der Waals surface area contributed by atoms with Crippen LogP contribution in [0.25, 0.3) is 0 Å². The number of amides is 1. The fourth-order valence-corrected chi connectivity index (χ4v) is 3.84. The summed E-state index contributed by atoms with van der Waals surface area (Å²) in [6, 6.07) is 2.02. The van der Waals surface area contributed by atoms with E-state index in [4.69, 9.17) is 4.74 Å². The maximum absolute atomic E-state index is 12.1. The van der Waals surface area contributed by atoms with Gasteiger partial charge in [-0.15, -0.1) is 11.3 Å². The fourth-order valence-electron chi connectivity index (χ4n) is 2.67. The summed E-state index contributed by atoms with van der Waals surface area (Å²) >= 11 is 1.60. The van der Waals surface area contributed by atoms with Crippen molar-refractivity contribution < 1.29 is 14.6 Å². The first kappa shape index (κ1) is 13.1. The molecule has 2 aliphatic rings. The van der Waals surface area contributed by atoms with Gasteiger partial charge >= 0.3 is 0 Å². The fraction of sp³-hybridized carbons (Fsp3) is 0.643. The minimum absolute atomic E-state index is 0.0697. The van der Waals surface area contributed by atoms with E-state index in [-0.39, 0.29) is 12.5 Å². The Bertz CT molecular complexity index is 454. The largest absolute Gasteiger partial charge is 0.386 e. The number of rotatable bonds is 3. The molecule has 2 heterocycles. The Morgan fingerprint density at radius 2 is 2.32 bits per heavy atom. The van der Waals surface area contributed by atoms with Crippen molar-refractivity contribution in [3.8, 4) is 0 Å². The normalized spacial score (nSPS) is 26.2. The Hall–Kier alpha value is -0.910. The van der Waals surface area contributed by atoms with Crippen molar-refractivity contribution >= 4 is 17.2 Å². The van der Waals surface area contributed by atoms with Crippen molar-refractivity contribution in [1.29, 1.82) is 0 Å². The molecule has 0 aromatic carbocycles. The molecule has 5 heteroatoms. The molecule has 1 amide bonds. The van der Waals surface area contributed by atoms with Crippen molar-refractivity contribution in [2.75, 3.05) is 19.8 Å². The van der Waals surface area contributed by atoms with Crippen molar-refractivity contribution in [3.05, 3.63) is 21.4 Å². The van der Waals surface area contributed by atoms with Crippen LogP contribution in [0.5, 0.6) is 0 Å². The van der Waals surface area contributed by atoms with Gasteiger partial charge in [-0.1, -0.05) is 0 Å². The molecule has 104 valence electrons. The van der Waals surface area contributed by atoms with Gasteiger partial charge in [0, 0.05) is 24.4 Å². The van der Waals surface area contributed by atoms with Crippen molar-refractivity contribution in [2.45, 2.75) is 37.7 Å². The summed E-state index contributed by atoms with van der Waals surface area (Å²) in [6.45, 7) is 1.16. The van der Waals surface area contributed by atoms with E-state index in [2.05, 4.69) is 5.32 Å². The van der Waals surface area contributed by atoms with Gasteiger partial charge < -0.3 is 15.2 Å². The average Bonchev–Trinajstić information content (AvgIpc) is 3.02. The van der Waals surface area contributed by atoms with Crippen LogP contribution in [-0.4, -0.2) is 36.4 Å². The zero-order valence-corrected chi connectivity index (χ0v) is 11.7. The summed E-state index contributed by atoms with van der Waals surface area (Å²) < 4.78 is 5.17. The van der Waals surface area contributed by atoms with Crippen LogP contribution >= 0.6 is 11.3 Å². The first-order valence-corrected chi connectivity index (χ1v) is 7.68. The highest BCUT2D eigenvalue weighted by Crippen LogP contribution is 2.29. The van der Waals surface area contributed by atoms with Gasteiger partial charge in [-0.05, 0) is 37.3 Å². The van der Waals surface area contributed by atoms with E-state index in [0.717, 1.165) is 17.7 Å². The molecular weight excluding hydrogens is 262 g/mol. The Morgan fingerprint density at radius 3 is 3.05 bits per heavy atom. The molecule has 0 bridgehead atoms. The third-order valence-electron chi connectivity index (χ3n) is 3.88. The highest BCUT2D eigenvalue weighted by atomic mass is 32.1. The lowest BCUT2D eigenvalue weighted by atomic mass is 9.99. The number of hydrogen-bond acceptors (Lipinski definition) is 4. The molecule has 0 saturated carbocycles. The van der Waals surface area contributed by atoms with Gasteiger partial charge in [0.25, 0.3) is 5.91 Å². The van der Waals surface area contributed by atoms with E-state index < -0.39 is 5.60 Å². The van der Waals surface area contributed by atoms with Crippen molar-refractivity contribution in [3.63, 3.8) is 0 Å². The van der Waals surface area contributed by atoms with Crippen LogP contribution in [-0.2, 0) is 17.6 Å². The van der Waals surface area contributed by atoms with E-state index in [1.807, 2.05) is 6.07 Å². The molecule has 1 aliphatic heterocycles. The second kappa shape index (κ2) is 5.23. The quantitative estimate of drug-likeness (QED) is 0.883. The molecule has 1 aromatic rings. The highest BCUT2D eigenvalue weighted by molar-refractivity contribution is 7.14. The van der Waals surface area contributed by atoms with Crippen molar-refractivity contribution in [2.24, 2.45) is 0 Å². The predicted octanol–water partition coefficient (Wildman–Crippen LogP) is 1.51. The van der Waals surface area contributed by atoms with E-state index in [1.54, 1.807) is 11.3 Å². The standard InChI is InChI=1S/C14H19NO3S/c16-13(15-8-14(17)5-6-18-9-14)12-7-10-3-1-2-4-11(10)19-12/h7,17H,1-6,8-9H2,(H,15,16). The third-order valence-corrected chi connectivity index (χ3v) is 5.12. The summed E-state index contributed by atoms with van der Waals surface area (Å²) in [5.41, 5.74) is 0.455. The topological polar surface area (TPSA) is 58.6 Å². The number of nitrogens with one attached hydrogen (secondary N) is 1. The Morgan fingerprint density at radius 1 is 1.47 bits per heavy atom. The molecule has 1 aliphatic carbocycles. The van der Waals surface area contributed by atoms with Crippen LogP contribution in [0, 0.1) is 0 Å². The zero-order chi connectivity index (χ0) is 13.3. The number of aliphatic hydroxyl groups is 1. The van der Waals surface area contributed by atoms with Gasteiger partial charge in [-0.25, -0.2) is 0 Å². The lowest BCUT2D eigenvalue weighted by Crippen LogP contribution is -2.43. The highest BCUT2D eigenvalue weighted by Gasteiger charge is 2.32. The van der Waals surface area contributed by atoms with Crippen LogP contribution in [0.15, 0.2) is 6.07 Å². The smallest absolute Gasteiger partial charge is 0.261 e. The molecule has 1 unspecified atom stereocenters. The number of thiophene rings is 1. The number of carbonyl (C=O) groups is 1. The van der Waals surface area contributed by atoms with Gasteiger partial charge in [0.2, 0.25) is 0 Å². The maximum Gasteiger partial charge on any atom is 0.261 e. The summed E-state index contributed by atoms with van der Waals surface area (Å²) in [5, 5.41) is 12.9. The SMILES string of the molecule is O=C(NCC1(O)CCOC1)c1cc2c(s1)CCCC2. The molecule has 19 heavy (non-hydrogen) atoms. The molecule has 1 fully saturated rings. The minimum Gasteiger partial charge on any atom is -0.386 e. The monoisotopic (exact) mass is 281 g/mol. The Balaban J connectivity index is 1.62. The van der Waals surface area contributed by atoms with Crippen LogP contribution in [0.3, 0.4) is 0 Å². The average molecular weight is 281 g/mol. The first-order chi connectivity index (χ1) is 9.16. The molecular formula is C14H19NO3S. The Labute approximate surface area is 116 Å². The second-order valence-corrected chi connectivity index (χ2v) is 6.61. The third kappa shape index (κ3) is 2.83.